The van der Waals surface area contributed by atoms with Crippen molar-refractivity contribution in [2.24, 2.45) is 0 Å². The molecule has 0 spiro atoms. The molecule has 1 aliphatic heterocycles. The van der Waals surface area contributed by atoms with Crippen molar-refractivity contribution in [1.82, 2.24) is 9.97 Å². The van der Waals surface area contributed by atoms with Crippen LogP contribution in [0.2, 0.25) is 0 Å². The highest BCUT2D eigenvalue weighted by Gasteiger charge is 2.20. The maximum absolute atomic E-state index is 6.27. The maximum atomic E-state index is 6.27. The van der Waals surface area contributed by atoms with Gasteiger partial charge in [0.25, 0.3) is 0 Å². The predicted octanol–water partition coefficient (Wildman–Crippen LogP) is 2.21. The Morgan fingerprint density at radius 2 is 1.87 bits per heavy atom. The van der Waals surface area contributed by atoms with Crippen LogP contribution < -0.4 is 20.1 Å². The lowest BCUT2D eigenvalue weighted by Crippen LogP contribution is -2.30. The molecule has 9 nitrogen and oxygen atoms in total. The topological polar surface area (TPSA) is 101 Å². The molecule has 0 saturated carbocycles. The van der Waals surface area contributed by atoms with E-state index in [1.165, 1.54) is 0 Å². The Morgan fingerprint density at radius 3 is 2.60 bits per heavy atom. The smallest absolute Gasteiger partial charge is 0.175 e. The first-order chi connectivity index (χ1) is 14.6. The van der Waals surface area contributed by atoms with Gasteiger partial charge in [0, 0.05) is 42.6 Å². The first kappa shape index (κ1) is 20.4. The van der Waals surface area contributed by atoms with E-state index < -0.39 is 0 Å². The number of nitrogens with zero attached hydrogens (tertiary/aromatic N) is 3. The molecule has 1 aromatic carbocycles. The second-order valence-corrected chi connectivity index (χ2v) is 7.00. The van der Waals surface area contributed by atoms with E-state index in [1.807, 2.05) is 30.1 Å². The van der Waals surface area contributed by atoms with Crippen LogP contribution in [0.5, 0.6) is 11.5 Å². The number of hydrogen-bond donors (Lipinski definition) is 1. The third kappa shape index (κ3) is 4.04. The quantitative estimate of drug-likeness (QED) is 0.439. The molecule has 2 N–H and O–H groups in total. The summed E-state index contributed by atoms with van der Waals surface area (Å²) in [5, 5.41) is 2.62. The van der Waals surface area contributed by atoms with Crippen molar-refractivity contribution in [2.75, 3.05) is 64.9 Å². The summed E-state index contributed by atoms with van der Waals surface area (Å²) >= 11 is 0. The number of ether oxygens (including phenoxy) is 5. The number of aromatic nitrogens is 2. The van der Waals surface area contributed by atoms with Gasteiger partial charge in [0.1, 0.15) is 18.2 Å². The van der Waals surface area contributed by atoms with Crippen LogP contribution >= 0.6 is 0 Å². The molecule has 1 fully saturated rings. The SMILES string of the molecule is COCCOc1cc2ncc3c(N)nc(N(C)CC4OCCO4)cc3c2cc1OC. The molecule has 30 heavy (non-hydrogen) atoms. The monoisotopic (exact) mass is 414 g/mol. The molecule has 0 atom stereocenters. The van der Waals surface area contributed by atoms with Crippen molar-refractivity contribution in [3.8, 4) is 11.5 Å². The van der Waals surface area contributed by atoms with E-state index in [0.717, 1.165) is 27.5 Å². The van der Waals surface area contributed by atoms with Gasteiger partial charge in [-0.25, -0.2) is 4.98 Å². The highest BCUT2D eigenvalue weighted by atomic mass is 16.7. The van der Waals surface area contributed by atoms with Gasteiger partial charge < -0.3 is 34.3 Å². The number of benzene rings is 1. The van der Waals surface area contributed by atoms with Crippen molar-refractivity contribution in [3.05, 3.63) is 24.4 Å². The molecule has 1 saturated heterocycles. The number of nitrogens with two attached hydrogens (primary N) is 1. The molecule has 0 amide bonds. The molecule has 9 heteroatoms. The van der Waals surface area contributed by atoms with E-state index in [9.17, 15) is 0 Å². The van der Waals surface area contributed by atoms with E-state index in [1.54, 1.807) is 20.4 Å². The molecule has 3 aromatic rings. The Labute approximate surface area is 174 Å². The average molecular weight is 414 g/mol. The summed E-state index contributed by atoms with van der Waals surface area (Å²) in [7, 11) is 5.18. The van der Waals surface area contributed by atoms with E-state index in [4.69, 9.17) is 29.4 Å². The van der Waals surface area contributed by atoms with E-state index in [-0.39, 0.29) is 6.29 Å². The summed E-state index contributed by atoms with van der Waals surface area (Å²) in [6, 6.07) is 5.78. The average Bonchev–Trinajstić information content (AvgIpc) is 3.26. The minimum atomic E-state index is -0.269. The van der Waals surface area contributed by atoms with Gasteiger partial charge in [0.2, 0.25) is 0 Å². The van der Waals surface area contributed by atoms with E-state index in [2.05, 4.69) is 9.97 Å². The van der Waals surface area contributed by atoms with E-state index in [0.29, 0.717) is 50.3 Å². The van der Waals surface area contributed by atoms with Crippen LogP contribution in [0.1, 0.15) is 0 Å². The third-order valence-electron chi connectivity index (χ3n) is 5.03. The van der Waals surface area contributed by atoms with Crippen LogP contribution in [0.4, 0.5) is 11.6 Å². The summed E-state index contributed by atoms with van der Waals surface area (Å²) < 4.78 is 27.5. The van der Waals surface area contributed by atoms with Crippen molar-refractivity contribution in [3.63, 3.8) is 0 Å². The zero-order chi connectivity index (χ0) is 21.1. The summed E-state index contributed by atoms with van der Waals surface area (Å²) in [5.74, 6) is 2.37. The fourth-order valence-electron chi connectivity index (χ4n) is 3.46. The summed E-state index contributed by atoms with van der Waals surface area (Å²) in [5.41, 5.74) is 7.04. The first-order valence-corrected chi connectivity index (χ1v) is 9.73. The number of methoxy groups -OCH3 is 2. The number of likely N-dealkylation sites (N-methyl/N-ethyl adjacent to an activating group) is 1. The Kier molecular flexibility index (Phi) is 6.03. The number of fused-ring (bicyclic) bond motifs is 3. The van der Waals surface area contributed by atoms with Crippen LogP contribution in [0, 0.1) is 0 Å². The standard InChI is InChI=1S/C21H26N4O5/c1-25(12-20-29-6-7-30-20)19-9-13-14-8-17(27-3)18(28-5-4-26-2)10-16(14)23-11-15(13)21(22)24-19/h8-11,20H,4-7,12H2,1-3H3,(H2,22,24). The number of hydrogen-bond acceptors (Lipinski definition) is 9. The largest absolute Gasteiger partial charge is 0.493 e. The second kappa shape index (κ2) is 8.86. The van der Waals surface area contributed by atoms with Gasteiger partial charge >= 0.3 is 0 Å². The van der Waals surface area contributed by atoms with Gasteiger partial charge in [-0.3, -0.25) is 4.98 Å². The highest BCUT2D eigenvalue weighted by molar-refractivity contribution is 6.10. The fourth-order valence-corrected chi connectivity index (χ4v) is 3.46. The molecule has 3 heterocycles. The summed E-state index contributed by atoms with van der Waals surface area (Å²) in [6.07, 6.45) is 1.47. The zero-order valence-electron chi connectivity index (χ0n) is 17.4. The Bertz CT molecular complexity index is 1040. The maximum Gasteiger partial charge on any atom is 0.175 e. The molecular weight excluding hydrogens is 388 g/mol. The van der Waals surface area contributed by atoms with Crippen LogP contribution in [0.25, 0.3) is 21.7 Å². The van der Waals surface area contributed by atoms with Crippen LogP contribution in [-0.2, 0) is 14.2 Å². The van der Waals surface area contributed by atoms with Gasteiger partial charge in [-0.05, 0) is 12.1 Å². The fraction of sp³-hybridized carbons (Fsp3) is 0.429. The van der Waals surface area contributed by atoms with E-state index >= 15 is 0 Å². The molecule has 1 aliphatic rings. The Balaban J connectivity index is 1.75. The minimum Gasteiger partial charge on any atom is -0.493 e. The van der Waals surface area contributed by atoms with Crippen LogP contribution in [0.3, 0.4) is 0 Å². The van der Waals surface area contributed by atoms with Crippen molar-refractivity contribution >= 4 is 33.3 Å². The van der Waals surface area contributed by atoms with Gasteiger partial charge in [0.15, 0.2) is 17.8 Å². The zero-order valence-corrected chi connectivity index (χ0v) is 17.4. The predicted molar refractivity (Wildman–Crippen MR) is 114 cm³/mol. The molecule has 0 aliphatic carbocycles. The van der Waals surface area contributed by atoms with Crippen molar-refractivity contribution in [1.29, 1.82) is 0 Å². The first-order valence-electron chi connectivity index (χ1n) is 9.73. The molecule has 2 aromatic heterocycles. The van der Waals surface area contributed by atoms with Gasteiger partial charge in [-0.15, -0.1) is 0 Å². The number of anilines is 2. The van der Waals surface area contributed by atoms with Crippen LogP contribution in [-0.4, -0.2) is 70.5 Å². The lowest BCUT2D eigenvalue weighted by molar-refractivity contribution is -0.0337. The lowest BCUT2D eigenvalue weighted by Gasteiger charge is -2.22. The van der Waals surface area contributed by atoms with Crippen molar-refractivity contribution in [2.45, 2.75) is 6.29 Å². The van der Waals surface area contributed by atoms with Crippen LogP contribution in [0.15, 0.2) is 24.4 Å². The van der Waals surface area contributed by atoms with Gasteiger partial charge in [0.05, 0.1) is 39.0 Å². The van der Waals surface area contributed by atoms with Gasteiger partial charge in [-0.1, -0.05) is 0 Å². The number of pyridine rings is 2. The molecular formula is C21H26N4O5. The number of nitrogen functional groups attached to an aromatic ring is 1. The molecule has 4 rings (SSSR count). The Morgan fingerprint density at radius 1 is 1.07 bits per heavy atom. The highest BCUT2D eigenvalue weighted by Crippen LogP contribution is 2.36. The molecule has 0 unspecified atom stereocenters. The minimum absolute atomic E-state index is 0.269. The second-order valence-electron chi connectivity index (χ2n) is 7.00. The normalized spacial score (nSPS) is 14.5. The molecule has 160 valence electrons. The molecule has 0 radical (unpaired) electrons. The third-order valence-corrected chi connectivity index (χ3v) is 5.03. The lowest BCUT2D eigenvalue weighted by atomic mass is 10.1. The Hall–Kier alpha value is -2.88. The van der Waals surface area contributed by atoms with Crippen molar-refractivity contribution < 1.29 is 23.7 Å². The summed E-state index contributed by atoms with van der Waals surface area (Å²) in [6.45, 7) is 2.68. The summed E-state index contributed by atoms with van der Waals surface area (Å²) in [4.78, 5) is 11.1. The van der Waals surface area contributed by atoms with Gasteiger partial charge in [-0.2, -0.15) is 0 Å². The number of rotatable bonds is 8. The molecule has 0 bridgehead atoms.